The summed E-state index contributed by atoms with van der Waals surface area (Å²) < 4.78 is 5.55. The third kappa shape index (κ3) is 7.51. The molecule has 0 aliphatic rings. The van der Waals surface area contributed by atoms with Gasteiger partial charge >= 0.3 is 0 Å². The van der Waals surface area contributed by atoms with E-state index < -0.39 is 5.91 Å². The molecule has 0 spiro atoms. The van der Waals surface area contributed by atoms with Crippen LogP contribution in [0.2, 0.25) is 5.02 Å². The summed E-state index contributed by atoms with van der Waals surface area (Å²) in [5.41, 5.74) is 2.53. The predicted octanol–water partition coefficient (Wildman–Crippen LogP) is 4.82. The monoisotopic (exact) mass is 473 g/mol. The van der Waals surface area contributed by atoms with E-state index in [1.54, 1.807) is 48.5 Å². The normalized spacial score (nSPS) is 11.7. The van der Waals surface area contributed by atoms with Crippen molar-refractivity contribution in [3.63, 3.8) is 0 Å². The molecule has 0 aromatic heterocycles. The van der Waals surface area contributed by atoms with E-state index in [1.807, 2.05) is 43.3 Å². The average molecular weight is 474 g/mol. The van der Waals surface area contributed by atoms with Crippen LogP contribution in [0, 0.1) is 11.3 Å². The van der Waals surface area contributed by atoms with Gasteiger partial charge in [-0.2, -0.15) is 5.26 Å². The Labute approximate surface area is 203 Å². The lowest BCUT2D eigenvalue weighted by atomic mass is 10.1. The summed E-state index contributed by atoms with van der Waals surface area (Å²) in [5.74, 6) is -0.197. The van der Waals surface area contributed by atoms with E-state index in [4.69, 9.17) is 16.3 Å². The van der Waals surface area contributed by atoms with Gasteiger partial charge in [-0.3, -0.25) is 9.59 Å². The molecule has 0 fully saturated rings. The summed E-state index contributed by atoms with van der Waals surface area (Å²) in [5, 5.41) is 15.6. The summed E-state index contributed by atoms with van der Waals surface area (Å²) in [7, 11) is 0. The Morgan fingerprint density at radius 2 is 1.71 bits per heavy atom. The van der Waals surface area contributed by atoms with Crippen LogP contribution in [-0.4, -0.2) is 18.4 Å². The molecule has 2 N–H and O–H groups in total. The van der Waals surface area contributed by atoms with Crippen LogP contribution in [0.5, 0.6) is 5.75 Å². The standard InChI is InChI=1S/C27H24ClN3O3/c1-19(22-5-3-2-4-6-22)31-26(32)18-34-25-13-9-20(10-14-25)15-23(16-29)27(33)30-17-21-7-11-24(28)12-8-21/h2-15,19H,17-18H2,1H3,(H,30,33)(H,31,32)/b23-15+/t19-/m0/s1. The van der Waals surface area contributed by atoms with Gasteiger partial charge in [0, 0.05) is 11.6 Å². The fourth-order valence-electron chi connectivity index (χ4n) is 3.11. The summed E-state index contributed by atoms with van der Waals surface area (Å²) in [6, 6.07) is 25.3. The molecule has 0 unspecified atom stereocenters. The van der Waals surface area contributed by atoms with Crippen molar-refractivity contribution >= 4 is 29.5 Å². The van der Waals surface area contributed by atoms with Gasteiger partial charge in [0.05, 0.1) is 6.04 Å². The van der Waals surface area contributed by atoms with Crippen molar-refractivity contribution in [1.29, 1.82) is 5.26 Å². The largest absolute Gasteiger partial charge is 0.484 e. The molecule has 0 heterocycles. The molecule has 0 saturated heterocycles. The molecular weight excluding hydrogens is 450 g/mol. The summed E-state index contributed by atoms with van der Waals surface area (Å²) in [4.78, 5) is 24.5. The van der Waals surface area contributed by atoms with Crippen LogP contribution in [-0.2, 0) is 16.1 Å². The molecule has 172 valence electrons. The lowest BCUT2D eigenvalue weighted by molar-refractivity contribution is -0.123. The third-order valence-corrected chi connectivity index (χ3v) is 5.22. The number of nitrogens with one attached hydrogen (secondary N) is 2. The van der Waals surface area contributed by atoms with E-state index in [0.29, 0.717) is 16.3 Å². The lowest BCUT2D eigenvalue weighted by Gasteiger charge is -2.14. The molecule has 3 aromatic carbocycles. The second kappa shape index (κ2) is 12.2. The first-order valence-electron chi connectivity index (χ1n) is 10.7. The van der Waals surface area contributed by atoms with Crippen LogP contribution in [0.15, 0.2) is 84.4 Å². The molecule has 6 nitrogen and oxygen atoms in total. The Hall–Kier alpha value is -4.08. The number of halogens is 1. The Morgan fingerprint density at radius 1 is 1.03 bits per heavy atom. The van der Waals surface area contributed by atoms with Gasteiger partial charge in [0.2, 0.25) is 0 Å². The number of rotatable bonds is 9. The highest BCUT2D eigenvalue weighted by molar-refractivity contribution is 6.30. The first-order valence-corrected chi connectivity index (χ1v) is 11.0. The molecular formula is C27H24ClN3O3. The maximum Gasteiger partial charge on any atom is 0.262 e. The van der Waals surface area contributed by atoms with E-state index >= 15 is 0 Å². The summed E-state index contributed by atoms with van der Waals surface area (Å²) >= 11 is 5.86. The van der Waals surface area contributed by atoms with Gasteiger partial charge < -0.3 is 15.4 Å². The highest BCUT2D eigenvalue weighted by Crippen LogP contribution is 2.16. The molecule has 1 atom stereocenters. The molecule has 0 bridgehead atoms. The van der Waals surface area contributed by atoms with Crippen molar-refractivity contribution in [3.8, 4) is 11.8 Å². The molecule has 0 aliphatic heterocycles. The highest BCUT2D eigenvalue weighted by Gasteiger charge is 2.11. The lowest BCUT2D eigenvalue weighted by Crippen LogP contribution is -2.31. The van der Waals surface area contributed by atoms with Crippen molar-refractivity contribution in [2.75, 3.05) is 6.61 Å². The van der Waals surface area contributed by atoms with Gasteiger partial charge in [0.15, 0.2) is 6.61 Å². The first-order chi connectivity index (χ1) is 16.4. The number of nitrogens with zero attached hydrogens (tertiary/aromatic N) is 1. The SMILES string of the molecule is C[C@H](NC(=O)COc1ccc(/C=C(\C#N)C(=O)NCc2ccc(Cl)cc2)cc1)c1ccccc1. The molecule has 0 aliphatic carbocycles. The van der Waals surface area contributed by atoms with Crippen LogP contribution >= 0.6 is 11.6 Å². The maximum absolute atomic E-state index is 12.4. The Bertz CT molecular complexity index is 1180. The van der Waals surface area contributed by atoms with Gasteiger partial charge in [-0.05, 0) is 54.0 Å². The number of amides is 2. The third-order valence-electron chi connectivity index (χ3n) is 4.97. The Kier molecular flexibility index (Phi) is 8.84. The van der Waals surface area contributed by atoms with Crippen LogP contribution in [0.1, 0.15) is 29.7 Å². The highest BCUT2D eigenvalue weighted by atomic mass is 35.5. The second-order valence-corrected chi connectivity index (χ2v) is 7.97. The number of hydrogen-bond donors (Lipinski definition) is 2. The molecule has 34 heavy (non-hydrogen) atoms. The number of nitriles is 1. The van der Waals surface area contributed by atoms with E-state index in [-0.39, 0.29) is 30.7 Å². The van der Waals surface area contributed by atoms with Crippen LogP contribution in [0.4, 0.5) is 0 Å². The van der Waals surface area contributed by atoms with Gasteiger partial charge in [-0.25, -0.2) is 0 Å². The van der Waals surface area contributed by atoms with Crippen molar-refractivity contribution in [1.82, 2.24) is 10.6 Å². The van der Waals surface area contributed by atoms with E-state index in [1.165, 1.54) is 6.08 Å². The number of carbonyl (C=O) groups excluding carboxylic acids is 2. The number of benzene rings is 3. The maximum atomic E-state index is 12.4. The Balaban J connectivity index is 1.51. The van der Waals surface area contributed by atoms with Crippen molar-refractivity contribution in [2.45, 2.75) is 19.5 Å². The number of hydrogen-bond acceptors (Lipinski definition) is 4. The number of carbonyl (C=O) groups is 2. The van der Waals surface area contributed by atoms with Crippen molar-refractivity contribution in [3.05, 3.63) is 106 Å². The molecule has 0 radical (unpaired) electrons. The van der Waals surface area contributed by atoms with E-state index in [9.17, 15) is 14.9 Å². The van der Waals surface area contributed by atoms with Crippen LogP contribution < -0.4 is 15.4 Å². The molecule has 0 saturated carbocycles. The van der Waals surface area contributed by atoms with E-state index in [2.05, 4.69) is 10.6 Å². The fourth-order valence-corrected chi connectivity index (χ4v) is 3.24. The van der Waals surface area contributed by atoms with Crippen LogP contribution in [0.3, 0.4) is 0 Å². The molecule has 3 rings (SSSR count). The second-order valence-electron chi connectivity index (χ2n) is 7.54. The fraction of sp³-hybridized carbons (Fsp3) is 0.148. The molecule has 7 heteroatoms. The van der Waals surface area contributed by atoms with Gasteiger partial charge in [0.25, 0.3) is 11.8 Å². The van der Waals surface area contributed by atoms with Crippen molar-refractivity contribution in [2.24, 2.45) is 0 Å². The van der Waals surface area contributed by atoms with Gasteiger partial charge in [0.1, 0.15) is 17.4 Å². The van der Waals surface area contributed by atoms with Crippen molar-refractivity contribution < 1.29 is 14.3 Å². The van der Waals surface area contributed by atoms with Crippen LogP contribution in [0.25, 0.3) is 6.08 Å². The smallest absolute Gasteiger partial charge is 0.262 e. The topological polar surface area (TPSA) is 91.2 Å². The average Bonchev–Trinajstić information content (AvgIpc) is 2.86. The van der Waals surface area contributed by atoms with Gasteiger partial charge in [-0.1, -0.05) is 66.2 Å². The first kappa shape index (κ1) is 24.6. The zero-order chi connectivity index (χ0) is 24.3. The Morgan fingerprint density at radius 3 is 2.35 bits per heavy atom. The zero-order valence-corrected chi connectivity index (χ0v) is 19.4. The minimum Gasteiger partial charge on any atom is -0.484 e. The predicted molar refractivity (Wildman–Crippen MR) is 132 cm³/mol. The number of ether oxygens (including phenoxy) is 1. The minimum atomic E-state index is -0.470. The molecule has 2 amide bonds. The van der Waals surface area contributed by atoms with E-state index in [0.717, 1.165) is 11.1 Å². The van der Waals surface area contributed by atoms with Gasteiger partial charge in [-0.15, -0.1) is 0 Å². The summed E-state index contributed by atoms with van der Waals surface area (Å²) in [6.07, 6.45) is 1.50. The summed E-state index contributed by atoms with van der Waals surface area (Å²) in [6.45, 7) is 2.07. The molecule has 3 aromatic rings. The quantitative estimate of drug-likeness (QED) is 0.344. The minimum absolute atomic E-state index is 0.0168. The zero-order valence-electron chi connectivity index (χ0n) is 18.6.